The maximum absolute atomic E-state index is 13.3. The van der Waals surface area contributed by atoms with Gasteiger partial charge in [-0.15, -0.1) is 0 Å². The minimum Gasteiger partial charge on any atom is -0.462 e. The van der Waals surface area contributed by atoms with E-state index in [0.717, 1.165) is 32.8 Å². The van der Waals surface area contributed by atoms with Crippen LogP contribution in [0.15, 0.2) is 42.7 Å². The molecule has 158 valence electrons. The molecule has 8 heteroatoms. The number of hydrogen-bond acceptors (Lipinski definition) is 7. The summed E-state index contributed by atoms with van der Waals surface area (Å²) in [4.78, 5) is 45.8. The van der Waals surface area contributed by atoms with E-state index in [4.69, 9.17) is 9.47 Å². The molecule has 5 rings (SSSR count). The maximum Gasteiger partial charge on any atom is 0.341 e. The smallest absolute Gasteiger partial charge is 0.341 e. The van der Waals surface area contributed by atoms with Crippen molar-refractivity contribution in [2.24, 2.45) is 0 Å². The van der Waals surface area contributed by atoms with Crippen molar-refractivity contribution in [3.8, 4) is 0 Å². The Hall–Kier alpha value is -3.36. The van der Waals surface area contributed by atoms with E-state index in [1.165, 1.54) is 6.20 Å². The molecule has 0 aromatic carbocycles. The summed E-state index contributed by atoms with van der Waals surface area (Å²) in [6.45, 7) is 4.21. The molecule has 0 amide bonds. The first-order chi connectivity index (χ1) is 15.2. The highest BCUT2D eigenvalue weighted by atomic mass is 16.5. The maximum atomic E-state index is 13.3. The Kier molecular flexibility index (Phi) is 5.09. The fourth-order valence-corrected chi connectivity index (χ4v) is 4.23. The van der Waals surface area contributed by atoms with Crippen molar-refractivity contribution in [3.05, 3.63) is 70.8 Å². The van der Waals surface area contributed by atoms with E-state index in [2.05, 4.69) is 9.88 Å². The van der Waals surface area contributed by atoms with Gasteiger partial charge in [0.1, 0.15) is 11.4 Å². The third-order valence-electron chi connectivity index (χ3n) is 5.71. The highest BCUT2D eigenvalue weighted by Gasteiger charge is 2.39. The molecule has 0 bridgehead atoms. The monoisotopic (exact) mass is 419 g/mol. The zero-order chi connectivity index (χ0) is 21.4. The van der Waals surface area contributed by atoms with E-state index >= 15 is 0 Å². The van der Waals surface area contributed by atoms with Gasteiger partial charge in [0.25, 0.3) is 0 Å². The van der Waals surface area contributed by atoms with Crippen LogP contribution >= 0.6 is 0 Å². The van der Waals surface area contributed by atoms with E-state index < -0.39 is 5.97 Å². The highest BCUT2D eigenvalue weighted by Crippen LogP contribution is 2.33. The lowest BCUT2D eigenvalue weighted by Gasteiger charge is -2.26. The first-order valence-electron chi connectivity index (χ1n) is 10.3. The second-order valence-electron chi connectivity index (χ2n) is 7.56. The Labute approximate surface area is 178 Å². The summed E-state index contributed by atoms with van der Waals surface area (Å²) in [5.74, 6) is -1.36. The molecule has 1 saturated heterocycles. The lowest BCUT2D eigenvalue weighted by Crippen LogP contribution is -2.37. The van der Waals surface area contributed by atoms with Crippen molar-refractivity contribution in [2.75, 3.05) is 39.5 Å². The van der Waals surface area contributed by atoms with Crippen LogP contribution in [-0.4, -0.2) is 71.3 Å². The van der Waals surface area contributed by atoms with Crippen LogP contribution in [0, 0.1) is 0 Å². The summed E-state index contributed by atoms with van der Waals surface area (Å²) in [5.41, 5.74) is 1.17. The summed E-state index contributed by atoms with van der Waals surface area (Å²) in [5, 5.41) is 0. The summed E-state index contributed by atoms with van der Waals surface area (Å²) >= 11 is 0. The van der Waals surface area contributed by atoms with Gasteiger partial charge < -0.3 is 13.9 Å². The van der Waals surface area contributed by atoms with Gasteiger partial charge in [-0.1, -0.05) is 6.07 Å². The minimum atomic E-state index is -0.597. The van der Waals surface area contributed by atoms with Crippen LogP contribution in [-0.2, 0) is 9.47 Å². The molecule has 4 heterocycles. The van der Waals surface area contributed by atoms with Gasteiger partial charge in [-0.3, -0.25) is 19.5 Å². The van der Waals surface area contributed by atoms with Crippen LogP contribution in [0.25, 0.3) is 5.52 Å². The molecule has 1 aliphatic carbocycles. The van der Waals surface area contributed by atoms with Gasteiger partial charge in [0.05, 0.1) is 42.0 Å². The number of carbonyl (C=O) groups is 3. The zero-order valence-electron chi connectivity index (χ0n) is 16.9. The second kappa shape index (κ2) is 8.05. The van der Waals surface area contributed by atoms with Crippen LogP contribution in [0.3, 0.4) is 0 Å². The van der Waals surface area contributed by atoms with Crippen molar-refractivity contribution >= 4 is 23.1 Å². The molecule has 1 fully saturated rings. The fourth-order valence-electron chi connectivity index (χ4n) is 4.23. The lowest BCUT2D eigenvalue weighted by atomic mass is 9.89. The third-order valence-corrected chi connectivity index (χ3v) is 5.71. The molecule has 0 saturated carbocycles. The Morgan fingerprint density at radius 1 is 1.10 bits per heavy atom. The van der Waals surface area contributed by atoms with Crippen LogP contribution < -0.4 is 0 Å². The second-order valence-corrected chi connectivity index (χ2v) is 7.56. The SMILES string of the molecule is O=C1c2cccnc2C(=O)c2c1c(C(=O)OCCCN1CCOCC1)c1ccccn21. The number of ketones is 2. The van der Waals surface area contributed by atoms with Gasteiger partial charge in [0.2, 0.25) is 5.78 Å². The fraction of sp³-hybridized carbons (Fsp3) is 0.304. The number of morpholine rings is 1. The standard InChI is InChI=1S/C23H21N3O5/c27-21-15-5-3-7-24-19(15)22(28)20-18(21)17(16-6-1-2-9-26(16)20)23(29)31-12-4-8-25-10-13-30-14-11-25/h1-3,5-7,9H,4,8,10-14H2. The van der Waals surface area contributed by atoms with Gasteiger partial charge in [-0.25, -0.2) is 4.79 Å². The molecule has 2 aliphatic rings. The van der Waals surface area contributed by atoms with Crippen LogP contribution in [0.5, 0.6) is 0 Å². The van der Waals surface area contributed by atoms with E-state index in [1.54, 1.807) is 40.9 Å². The Balaban J connectivity index is 1.45. The number of ether oxygens (including phenoxy) is 2. The third kappa shape index (κ3) is 3.34. The lowest BCUT2D eigenvalue weighted by molar-refractivity contribution is 0.0298. The highest BCUT2D eigenvalue weighted by molar-refractivity contribution is 6.31. The first-order valence-corrected chi connectivity index (χ1v) is 10.3. The Morgan fingerprint density at radius 3 is 2.77 bits per heavy atom. The molecule has 3 aromatic rings. The van der Waals surface area contributed by atoms with Crippen molar-refractivity contribution in [3.63, 3.8) is 0 Å². The van der Waals surface area contributed by atoms with Crippen LogP contribution in [0.4, 0.5) is 0 Å². The van der Waals surface area contributed by atoms with Crippen molar-refractivity contribution in [1.82, 2.24) is 14.3 Å². The number of rotatable bonds is 5. The molecule has 3 aromatic heterocycles. The molecule has 0 atom stereocenters. The number of carbonyl (C=O) groups excluding carboxylic acids is 3. The summed E-state index contributed by atoms with van der Waals surface area (Å²) in [7, 11) is 0. The summed E-state index contributed by atoms with van der Waals surface area (Å²) in [6, 6.07) is 8.38. The number of esters is 1. The van der Waals surface area contributed by atoms with Gasteiger partial charge in [0.15, 0.2) is 5.78 Å². The van der Waals surface area contributed by atoms with E-state index in [1.807, 2.05) is 0 Å². The summed E-state index contributed by atoms with van der Waals surface area (Å²) in [6.07, 6.45) is 3.83. The number of aromatic nitrogens is 2. The van der Waals surface area contributed by atoms with E-state index in [0.29, 0.717) is 11.9 Å². The molecular formula is C23H21N3O5. The molecule has 0 N–H and O–H groups in total. The Morgan fingerprint density at radius 2 is 1.94 bits per heavy atom. The van der Waals surface area contributed by atoms with E-state index in [9.17, 15) is 14.4 Å². The molecule has 0 spiro atoms. The largest absolute Gasteiger partial charge is 0.462 e. The van der Waals surface area contributed by atoms with Crippen molar-refractivity contribution in [2.45, 2.75) is 6.42 Å². The van der Waals surface area contributed by atoms with Gasteiger partial charge in [-0.2, -0.15) is 0 Å². The predicted molar refractivity (Wildman–Crippen MR) is 111 cm³/mol. The number of hydrogen-bond donors (Lipinski definition) is 0. The number of fused-ring (bicyclic) bond motifs is 4. The van der Waals surface area contributed by atoms with Gasteiger partial charge in [-0.05, 0) is 30.7 Å². The van der Waals surface area contributed by atoms with Crippen molar-refractivity contribution < 1.29 is 23.9 Å². The molecule has 8 nitrogen and oxygen atoms in total. The van der Waals surface area contributed by atoms with Crippen LogP contribution in [0.2, 0.25) is 0 Å². The summed E-state index contributed by atoms with van der Waals surface area (Å²) < 4.78 is 12.5. The quantitative estimate of drug-likeness (QED) is 0.361. The molecule has 0 radical (unpaired) electrons. The average molecular weight is 419 g/mol. The minimum absolute atomic E-state index is 0.0925. The van der Waals surface area contributed by atoms with Crippen LogP contribution in [0.1, 0.15) is 48.9 Å². The topological polar surface area (TPSA) is 90.2 Å². The van der Waals surface area contributed by atoms with E-state index in [-0.39, 0.29) is 46.3 Å². The van der Waals surface area contributed by atoms with Crippen molar-refractivity contribution in [1.29, 1.82) is 0 Å². The normalized spacial score (nSPS) is 16.3. The molecule has 31 heavy (non-hydrogen) atoms. The molecular weight excluding hydrogens is 398 g/mol. The number of pyridine rings is 2. The zero-order valence-corrected chi connectivity index (χ0v) is 16.9. The first kappa shape index (κ1) is 19.6. The number of nitrogens with zero attached hydrogens (tertiary/aromatic N) is 3. The molecule has 0 unspecified atom stereocenters. The molecule has 1 aliphatic heterocycles. The predicted octanol–water partition coefficient (Wildman–Crippen LogP) is 1.99. The van der Waals surface area contributed by atoms with Gasteiger partial charge in [0, 0.05) is 32.0 Å². The van der Waals surface area contributed by atoms with Gasteiger partial charge >= 0.3 is 5.97 Å². The Bertz CT molecular complexity index is 1190. The average Bonchev–Trinajstić information content (AvgIpc) is 3.17.